The van der Waals surface area contributed by atoms with Gasteiger partial charge >= 0.3 is 5.38 Å². The van der Waals surface area contributed by atoms with Crippen LogP contribution in [0.1, 0.15) is 12.0 Å². The van der Waals surface area contributed by atoms with Crippen molar-refractivity contribution in [2.75, 3.05) is 6.61 Å². The summed E-state index contributed by atoms with van der Waals surface area (Å²) in [5, 5.41) is -4.48. The van der Waals surface area contributed by atoms with Crippen LogP contribution in [0.25, 0.3) is 0 Å². The van der Waals surface area contributed by atoms with Crippen LogP contribution in [-0.4, -0.2) is 27.0 Å². The van der Waals surface area contributed by atoms with Crippen molar-refractivity contribution in [2.45, 2.75) is 34.5 Å². The van der Waals surface area contributed by atoms with Gasteiger partial charge < -0.3 is 4.74 Å². The predicted octanol–water partition coefficient (Wildman–Crippen LogP) is 3.65. The second-order valence-electron chi connectivity index (χ2n) is 4.80. The Kier molecular flexibility index (Phi) is 4.33. The highest BCUT2D eigenvalue weighted by molar-refractivity contribution is 7.85. The zero-order valence-electron chi connectivity index (χ0n) is 10.9. The first kappa shape index (κ1) is 15.6. The predicted molar refractivity (Wildman–Crippen MR) is 75.7 cm³/mol. The number of allylic oxidation sites excluding steroid dienone is 1. The number of epoxide rings is 1. The normalized spacial score (nSPS) is 25.0. The Balaban J connectivity index is 2.32. The molecular formula is C14H15ClF2O2S. The molecule has 0 N–H and O–H groups in total. The average molecular weight is 321 g/mol. The summed E-state index contributed by atoms with van der Waals surface area (Å²) in [6, 6.07) is 6.92. The number of rotatable bonds is 6. The van der Waals surface area contributed by atoms with Gasteiger partial charge in [0.25, 0.3) is 0 Å². The number of benzene rings is 1. The second kappa shape index (κ2) is 5.54. The maximum absolute atomic E-state index is 13.5. The van der Waals surface area contributed by atoms with Crippen LogP contribution in [0, 0.1) is 6.92 Å². The van der Waals surface area contributed by atoms with Gasteiger partial charge in [0.2, 0.25) is 0 Å². The third kappa shape index (κ3) is 2.80. The Morgan fingerprint density at radius 2 is 2.10 bits per heavy atom. The molecule has 110 valence electrons. The second-order valence-corrected chi connectivity index (χ2v) is 6.91. The molecule has 20 heavy (non-hydrogen) atoms. The van der Waals surface area contributed by atoms with Crippen molar-refractivity contribution >= 4 is 22.4 Å². The van der Waals surface area contributed by atoms with Crippen molar-refractivity contribution in [3.8, 4) is 0 Å². The van der Waals surface area contributed by atoms with Crippen LogP contribution < -0.4 is 0 Å². The minimum absolute atomic E-state index is 0.142. The Morgan fingerprint density at radius 1 is 1.55 bits per heavy atom. The first-order valence-corrected chi connectivity index (χ1v) is 7.70. The first-order chi connectivity index (χ1) is 9.32. The van der Waals surface area contributed by atoms with E-state index in [1.54, 1.807) is 24.3 Å². The summed E-state index contributed by atoms with van der Waals surface area (Å²) < 4.78 is 44.6. The third-order valence-corrected chi connectivity index (χ3v) is 5.49. The molecule has 6 heteroatoms. The highest BCUT2D eigenvalue weighted by Crippen LogP contribution is 2.50. The molecule has 1 aromatic rings. The van der Waals surface area contributed by atoms with E-state index >= 15 is 0 Å². The van der Waals surface area contributed by atoms with Gasteiger partial charge in [-0.2, -0.15) is 8.78 Å². The van der Waals surface area contributed by atoms with E-state index in [1.165, 1.54) is 6.08 Å². The molecule has 0 saturated carbocycles. The summed E-state index contributed by atoms with van der Waals surface area (Å²) in [6.45, 7) is 5.24. The minimum atomic E-state index is -3.55. The SMILES string of the molecule is C=CC[C@@H](S(=O)c1ccc(C)cc1)[C@]1(C(F)(F)Cl)CO1. The van der Waals surface area contributed by atoms with Crippen LogP contribution in [0.15, 0.2) is 41.8 Å². The van der Waals surface area contributed by atoms with Crippen molar-refractivity contribution in [1.29, 1.82) is 0 Å². The van der Waals surface area contributed by atoms with Crippen LogP contribution in [0.3, 0.4) is 0 Å². The smallest absolute Gasteiger partial charge is 0.353 e. The number of hydrogen-bond donors (Lipinski definition) is 0. The number of halogens is 3. The highest BCUT2D eigenvalue weighted by Gasteiger charge is 2.69. The van der Waals surface area contributed by atoms with Gasteiger partial charge in [0.05, 0.1) is 22.7 Å². The molecule has 1 saturated heterocycles. The summed E-state index contributed by atoms with van der Waals surface area (Å²) in [7, 11) is -1.64. The molecule has 0 aliphatic carbocycles. The quantitative estimate of drug-likeness (QED) is 0.455. The van der Waals surface area contributed by atoms with E-state index < -0.39 is 27.0 Å². The molecular weight excluding hydrogens is 306 g/mol. The van der Waals surface area contributed by atoms with Gasteiger partial charge in [-0.05, 0) is 37.1 Å². The molecule has 1 fully saturated rings. The van der Waals surface area contributed by atoms with Crippen LogP contribution in [0.2, 0.25) is 0 Å². The molecule has 1 aliphatic rings. The maximum Gasteiger partial charge on any atom is 0.353 e. The van der Waals surface area contributed by atoms with Crippen molar-refractivity contribution < 1.29 is 17.7 Å². The monoisotopic (exact) mass is 320 g/mol. The molecule has 0 bridgehead atoms. The van der Waals surface area contributed by atoms with Gasteiger partial charge in [-0.1, -0.05) is 23.8 Å². The van der Waals surface area contributed by atoms with Gasteiger partial charge in [0, 0.05) is 4.90 Å². The average Bonchev–Trinajstić information content (AvgIpc) is 3.17. The topological polar surface area (TPSA) is 29.6 Å². The van der Waals surface area contributed by atoms with Gasteiger partial charge in [0.15, 0.2) is 5.60 Å². The Hall–Kier alpha value is -0.780. The standard InChI is InChI=1S/C14H15ClF2O2S/c1-3-4-12(13(9-19-13)14(15,16)17)20(18)11-7-5-10(2)6-8-11/h3,5-8,12H,1,4,9H2,2H3/t12-,13+,20?/m1/s1. The summed E-state index contributed by atoms with van der Waals surface area (Å²) in [4.78, 5) is 0.484. The third-order valence-electron chi connectivity index (χ3n) is 3.35. The summed E-state index contributed by atoms with van der Waals surface area (Å²) in [6.07, 6.45) is 1.60. The van der Waals surface area contributed by atoms with E-state index in [2.05, 4.69) is 6.58 Å². The Bertz CT molecular complexity index is 521. The van der Waals surface area contributed by atoms with Crippen LogP contribution >= 0.6 is 11.6 Å². The molecule has 0 amide bonds. The largest absolute Gasteiger partial charge is 0.360 e. The molecule has 1 unspecified atom stereocenters. The minimum Gasteiger partial charge on any atom is -0.360 e. The summed E-state index contributed by atoms with van der Waals surface area (Å²) >= 11 is 5.15. The van der Waals surface area contributed by atoms with E-state index in [0.29, 0.717) is 4.90 Å². The van der Waals surface area contributed by atoms with Crippen LogP contribution in [-0.2, 0) is 15.5 Å². The van der Waals surface area contributed by atoms with Gasteiger partial charge in [-0.15, -0.1) is 6.58 Å². The fourth-order valence-corrected chi connectivity index (χ4v) is 4.03. The fraction of sp³-hybridized carbons (Fsp3) is 0.429. The van der Waals surface area contributed by atoms with E-state index in [1.807, 2.05) is 6.92 Å². The lowest BCUT2D eigenvalue weighted by molar-refractivity contribution is 0.00246. The fourth-order valence-electron chi connectivity index (χ4n) is 2.05. The molecule has 2 rings (SSSR count). The molecule has 0 radical (unpaired) electrons. The Morgan fingerprint density at radius 3 is 2.50 bits per heavy atom. The van der Waals surface area contributed by atoms with Crippen LogP contribution in [0.4, 0.5) is 8.78 Å². The maximum atomic E-state index is 13.5. The first-order valence-electron chi connectivity index (χ1n) is 6.10. The number of aryl methyl sites for hydroxylation is 1. The lowest BCUT2D eigenvalue weighted by Crippen LogP contribution is -2.45. The number of ether oxygens (including phenoxy) is 1. The molecule has 1 aromatic carbocycles. The zero-order chi connectivity index (χ0) is 15.0. The van der Waals surface area contributed by atoms with E-state index in [0.717, 1.165) is 5.56 Å². The van der Waals surface area contributed by atoms with Gasteiger partial charge in [-0.3, -0.25) is 4.21 Å². The van der Waals surface area contributed by atoms with Crippen molar-refractivity contribution in [2.24, 2.45) is 0 Å². The molecule has 3 atom stereocenters. The molecule has 1 heterocycles. The summed E-state index contributed by atoms with van der Waals surface area (Å²) in [5.74, 6) is 0. The lowest BCUT2D eigenvalue weighted by Gasteiger charge is -2.26. The van der Waals surface area contributed by atoms with E-state index in [4.69, 9.17) is 16.3 Å². The molecule has 0 aromatic heterocycles. The number of hydrogen-bond acceptors (Lipinski definition) is 2. The Labute approximate surface area is 124 Å². The number of alkyl halides is 3. The summed E-state index contributed by atoms with van der Waals surface area (Å²) in [5.41, 5.74) is -0.857. The van der Waals surface area contributed by atoms with E-state index in [9.17, 15) is 13.0 Å². The lowest BCUT2D eigenvalue weighted by atomic mass is 10.0. The molecule has 0 spiro atoms. The molecule has 2 nitrogen and oxygen atoms in total. The zero-order valence-corrected chi connectivity index (χ0v) is 12.5. The van der Waals surface area contributed by atoms with Crippen molar-refractivity contribution in [1.82, 2.24) is 0 Å². The highest BCUT2D eigenvalue weighted by atomic mass is 35.5. The van der Waals surface area contributed by atoms with Crippen molar-refractivity contribution in [3.05, 3.63) is 42.5 Å². The van der Waals surface area contributed by atoms with Gasteiger partial charge in [-0.25, -0.2) is 0 Å². The van der Waals surface area contributed by atoms with Crippen LogP contribution in [0.5, 0.6) is 0 Å². The molecule has 1 aliphatic heterocycles. The van der Waals surface area contributed by atoms with Gasteiger partial charge in [0.1, 0.15) is 0 Å². The van der Waals surface area contributed by atoms with Crippen molar-refractivity contribution in [3.63, 3.8) is 0 Å². The van der Waals surface area contributed by atoms with E-state index in [-0.39, 0.29) is 13.0 Å².